The van der Waals surface area contributed by atoms with E-state index in [1.54, 1.807) is 12.4 Å². The Bertz CT molecular complexity index is 868. The first-order valence-electron chi connectivity index (χ1n) is 12.4. The molecule has 0 aromatic carbocycles. The van der Waals surface area contributed by atoms with Crippen LogP contribution in [-0.2, 0) is 16.2 Å². The maximum Gasteiger partial charge on any atom is 0.179 e. The summed E-state index contributed by atoms with van der Waals surface area (Å²) >= 11 is 0. The molecular formula is C26H48N10. The van der Waals surface area contributed by atoms with Gasteiger partial charge in [-0.05, 0) is 0 Å². The van der Waals surface area contributed by atoms with Crippen molar-refractivity contribution < 1.29 is 0 Å². The predicted molar refractivity (Wildman–Crippen MR) is 147 cm³/mol. The summed E-state index contributed by atoms with van der Waals surface area (Å²) in [6, 6.07) is 0. The van der Waals surface area contributed by atoms with Gasteiger partial charge in [-0.1, -0.05) is 88.3 Å². The van der Waals surface area contributed by atoms with Crippen molar-refractivity contribution >= 4 is 5.84 Å². The zero-order chi connectivity index (χ0) is 27.6. The highest BCUT2D eigenvalue weighted by molar-refractivity contribution is 5.88. The Morgan fingerprint density at radius 3 is 1.33 bits per heavy atom. The Labute approximate surface area is 217 Å². The van der Waals surface area contributed by atoms with E-state index in [0.717, 1.165) is 36.4 Å². The molecule has 0 unspecified atom stereocenters. The van der Waals surface area contributed by atoms with E-state index in [-0.39, 0.29) is 21.7 Å². The van der Waals surface area contributed by atoms with Crippen molar-refractivity contribution in [1.29, 1.82) is 0 Å². The van der Waals surface area contributed by atoms with Crippen LogP contribution in [-0.4, -0.2) is 59.5 Å². The number of nitrogens with zero attached hydrogens (tertiary/aromatic N) is 6. The summed E-state index contributed by atoms with van der Waals surface area (Å²) in [7, 11) is 0. The van der Waals surface area contributed by atoms with E-state index < -0.39 is 0 Å². The maximum atomic E-state index is 4.31. The summed E-state index contributed by atoms with van der Waals surface area (Å²) in [5.74, 6) is 4.00. The lowest BCUT2D eigenvalue weighted by molar-refractivity contribution is 0.546. The number of aromatic amines is 3. The Hall–Kier alpha value is -3.04. The predicted octanol–water partition coefficient (Wildman–Crippen LogP) is 4.95. The van der Waals surface area contributed by atoms with Crippen molar-refractivity contribution in [2.75, 3.05) is 13.1 Å². The number of nitrogens with one attached hydrogen (secondary N) is 4. The fourth-order valence-electron chi connectivity index (χ4n) is 2.73. The van der Waals surface area contributed by atoms with Gasteiger partial charge in [0.2, 0.25) is 0 Å². The topological polar surface area (TPSA) is 136 Å². The zero-order valence-electron chi connectivity index (χ0n) is 24.4. The number of tetrazole rings is 1. The molecule has 3 aromatic heterocycles. The highest BCUT2D eigenvalue weighted by Gasteiger charge is 2.20. The van der Waals surface area contributed by atoms with Crippen LogP contribution >= 0.6 is 0 Å². The number of rotatable bonds is 0. The van der Waals surface area contributed by atoms with Crippen LogP contribution in [0, 0.1) is 5.41 Å². The summed E-state index contributed by atoms with van der Waals surface area (Å²) in [6.07, 6.45) is 7.25. The minimum absolute atomic E-state index is 0.00694. The molecule has 0 bridgehead atoms. The maximum absolute atomic E-state index is 4.31. The van der Waals surface area contributed by atoms with E-state index in [1.165, 1.54) is 0 Å². The van der Waals surface area contributed by atoms with Crippen LogP contribution in [0.1, 0.15) is 101 Å². The Morgan fingerprint density at radius 2 is 1.17 bits per heavy atom. The van der Waals surface area contributed by atoms with Gasteiger partial charge in [-0.2, -0.15) is 5.21 Å². The molecule has 4 heterocycles. The molecule has 36 heavy (non-hydrogen) atoms. The number of hydrogen-bond acceptors (Lipinski definition) is 7. The third-order valence-corrected chi connectivity index (χ3v) is 4.82. The minimum atomic E-state index is 0.00694. The number of imidazole rings is 2. The van der Waals surface area contributed by atoms with Crippen LogP contribution in [0.5, 0.6) is 0 Å². The normalized spacial score (nSPS) is 13.7. The fraction of sp³-hybridized carbons (Fsp3) is 0.692. The van der Waals surface area contributed by atoms with E-state index in [1.807, 2.05) is 33.2 Å². The summed E-state index contributed by atoms with van der Waals surface area (Å²) in [5, 5.41) is 16.8. The number of hydrogen-bond donors (Lipinski definition) is 4. The highest BCUT2D eigenvalue weighted by Crippen LogP contribution is 2.18. The zero-order valence-corrected chi connectivity index (χ0v) is 24.4. The molecule has 10 nitrogen and oxygen atoms in total. The molecule has 3 aromatic rings. The van der Waals surface area contributed by atoms with Gasteiger partial charge in [-0.3, -0.25) is 4.99 Å². The third kappa shape index (κ3) is 11.6. The number of aliphatic imine (C=N–C) groups is 1. The van der Waals surface area contributed by atoms with Crippen molar-refractivity contribution in [2.45, 2.75) is 99.3 Å². The first-order chi connectivity index (χ1) is 16.4. The Kier molecular flexibility index (Phi) is 11.0. The quantitative estimate of drug-likeness (QED) is 0.345. The lowest BCUT2D eigenvalue weighted by Crippen LogP contribution is -2.31. The summed E-state index contributed by atoms with van der Waals surface area (Å²) in [5.41, 5.74) is 0.538. The van der Waals surface area contributed by atoms with Crippen molar-refractivity contribution in [3.8, 4) is 0 Å². The first-order valence-corrected chi connectivity index (χ1v) is 12.4. The second-order valence-corrected chi connectivity index (χ2v) is 12.8. The highest BCUT2D eigenvalue weighted by atomic mass is 15.5. The molecule has 0 fully saturated rings. The molecule has 4 rings (SSSR count). The van der Waals surface area contributed by atoms with Gasteiger partial charge in [0.25, 0.3) is 0 Å². The number of H-pyrrole nitrogens is 3. The van der Waals surface area contributed by atoms with Crippen LogP contribution in [0.2, 0.25) is 0 Å². The molecule has 4 N–H and O–H groups in total. The lowest BCUT2D eigenvalue weighted by Gasteiger charge is -2.18. The van der Waals surface area contributed by atoms with Gasteiger partial charge >= 0.3 is 0 Å². The van der Waals surface area contributed by atoms with Gasteiger partial charge in [-0.15, -0.1) is 10.2 Å². The Morgan fingerprint density at radius 1 is 0.667 bits per heavy atom. The number of amidine groups is 1. The summed E-state index contributed by atoms with van der Waals surface area (Å²) in [4.78, 5) is 18.7. The third-order valence-electron chi connectivity index (χ3n) is 4.82. The van der Waals surface area contributed by atoms with Crippen molar-refractivity contribution in [3.05, 3.63) is 42.3 Å². The Balaban J connectivity index is 0.000000240. The second kappa shape index (κ2) is 12.8. The minimum Gasteiger partial charge on any atom is -0.372 e. The van der Waals surface area contributed by atoms with E-state index in [9.17, 15) is 0 Å². The number of aromatic nitrogens is 8. The fourth-order valence-corrected chi connectivity index (χ4v) is 2.73. The molecule has 1 aliphatic rings. The molecule has 10 heteroatoms. The molecule has 0 radical (unpaired) electrons. The summed E-state index contributed by atoms with van der Waals surface area (Å²) in [6.45, 7) is 27.4. The molecule has 0 saturated heterocycles. The molecule has 0 saturated carbocycles. The van der Waals surface area contributed by atoms with Crippen molar-refractivity contribution in [1.82, 2.24) is 45.9 Å². The van der Waals surface area contributed by atoms with Crippen LogP contribution in [0.4, 0.5) is 0 Å². The smallest absolute Gasteiger partial charge is 0.179 e. The van der Waals surface area contributed by atoms with Gasteiger partial charge in [0.15, 0.2) is 5.82 Å². The monoisotopic (exact) mass is 500 g/mol. The van der Waals surface area contributed by atoms with Crippen molar-refractivity contribution in [2.24, 2.45) is 10.4 Å². The molecule has 0 aliphatic carbocycles. The molecule has 202 valence electrons. The van der Waals surface area contributed by atoms with Gasteiger partial charge in [-0.25, -0.2) is 9.97 Å². The summed E-state index contributed by atoms with van der Waals surface area (Å²) < 4.78 is 0. The molecule has 0 atom stereocenters. The van der Waals surface area contributed by atoms with Gasteiger partial charge in [0, 0.05) is 53.0 Å². The SMILES string of the molecule is CC(C)(C)C1=NCCN1.CC(C)(C)c1ncc[nH]1.CC(C)(C)c1ncc[nH]1.CC(C)(C)c1nn[nH]n1. The van der Waals surface area contributed by atoms with Crippen LogP contribution < -0.4 is 5.32 Å². The van der Waals surface area contributed by atoms with Crippen LogP contribution in [0.25, 0.3) is 0 Å². The second-order valence-electron chi connectivity index (χ2n) is 12.8. The first kappa shape index (κ1) is 31.0. The van der Waals surface area contributed by atoms with Crippen LogP contribution in [0.15, 0.2) is 29.8 Å². The largest absolute Gasteiger partial charge is 0.372 e. The van der Waals surface area contributed by atoms with Crippen molar-refractivity contribution in [3.63, 3.8) is 0 Å². The average Bonchev–Trinajstić information content (AvgIpc) is 3.57. The lowest BCUT2D eigenvalue weighted by atomic mass is 9.95. The molecule has 0 spiro atoms. The van der Waals surface area contributed by atoms with Gasteiger partial charge in [0.05, 0.1) is 6.54 Å². The van der Waals surface area contributed by atoms with E-state index in [4.69, 9.17) is 0 Å². The molecular weight excluding hydrogens is 452 g/mol. The van der Waals surface area contributed by atoms with Gasteiger partial charge in [0.1, 0.15) is 17.5 Å². The molecule has 1 aliphatic heterocycles. The standard InChI is InChI=1S/C7H14N2.2C7H12N2.C5H10N4/c3*1-7(2,3)6-8-4-5-9-6;1-5(2,3)4-6-8-9-7-4/h4-5H2,1-3H3,(H,8,9);2*4-5H,1-3H3,(H,8,9);1-3H3,(H,6,7,8,9). The van der Waals surface area contributed by atoms with Crippen LogP contribution in [0.3, 0.4) is 0 Å². The van der Waals surface area contributed by atoms with Gasteiger partial charge < -0.3 is 15.3 Å². The van der Waals surface area contributed by atoms with E-state index >= 15 is 0 Å². The van der Waals surface area contributed by atoms with E-state index in [2.05, 4.69) is 113 Å². The average molecular weight is 501 g/mol. The molecule has 0 amide bonds. The van der Waals surface area contributed by atoms with E-state index in [0.29, 0.717) is 0 Å².